The van der Waals surface area contributed by atoms with Crippen LogP contribution in [-0.4, -0.2) is 16.2 Å². The third-order valence-corrected chi connectivity index (χ3v) is 6.32. The van der Waals surface area contributed by atoms with E-state index < -0.39 is 0 Å². The molecule has 0 spiro atoms. The van der Waals surface area contributed by atoms with E-state index in [0.717, 1.165) is 18.6 Å². The van der Waals surface area contributed by atoms with Gasteiger partial charge in [-0.05, 0) is 35.6 Å². The van der Waals surface area contributed by atoms with Crippen molar-refractivity contribution in [1.82, 2.24) is 4.57 Å². The highest BCUT2D eigenvalue weighted by atomic mass is 32.2. The van der Waals surface area contributed by atoms with E-state index in [4.69, 9.17) is 0 Å². The molecular weight excluding hydrogens is 278 g/mol. The van der Waals surface area contributed by atoms with Gasteiger partial charge >= 0.3 is 0 Å². The number of aromatic nitrogens is 1. The third kappa shape index (κ3) is 2.22. The Balaban J connectivity index is 1.73. The van der Waals surface area contributed by atoms with E-state index in [0.29, 0.717) is 0 Å². The van der Waals surface area contributed by atoms with Gasteiger partial charge in [-0.3, -0.25) is 9.36 Å². The minimum atomic E-state index is 0.0930. The topological polar surface area (TPSA) is 22.0 Å². The summed E-state index contributed by atoms with van der Waals surface area (Å²) in [6.45, 7) is 0. The van der Waals surface area contributed by atoms with Crippen molar-refractivity contribution in [3.63, 3.8) is 0 Å². The molecule has 2 unspecified atom stereocenters. The summed E-state index contributed by atoms with van der Waals surface area (Å²) in [4.78, 5) is 12.9. The Hall–Kier alpha value is -1.87. The summed E-state index contributed by atoms with van der Waals surface area (Å²) in [6, 6.07) is 12.4. The molecule has 0 amide bonds. The molecule has 0 aliphatic carbocycles. The molecule has 0 saturated heterocycles. The predicted octanol–water partition coefficient (Wildman–Crippen LogP) is 3.22. The van der Waals surface area contributed by atoms with Crippen LogP contribution in [0.5, 0.6) is 0 Å². The minimum absolute atomic E-state index is 0.0930. The second-order valence-corrected chi connectivity index (χ2v) is 7.51. The first-order valence-corrected chi connectivity index (χ1v) is 8.79. The van der Waals surface area contributed by atoms with Gasteiger partial charge in [0.15, 0.2) is 0 Å². The number of hydrogen-bond donors (Lipinski definition) is 0. The molecule has 1 aromatic carbocycles. The molecule has 2 aliphatic heterocycles. The largest absolute Gasteiger partial charge is 0.282 e. The lowest BCUT2D eigenvalue weighted by atomic mass is 9.96. The molecule has 3 heterocycles. The monoisotopic (exact) mass is 295 g/mol. The van der Waals surface area contributed by atoms with Crippen LogP contribution < -0.4 is 5.22 Å². The first-order valence-electron chi connectivity index (χ1n) is 7.33. The van der Waals surface area contributed by atoms with E-state index in [2.05, 4.69) is 35.8 Å². The van der Waals surface area contributed by atoms with Gasteiger partial charge in [-0.2, -0.15) is 0 Å². The number of hydrogen-bond acceptors (Lipinski definition) is 1. The van der Waals surface area contributed by atoms with E-state index in [-0.39, 0.29) is 22.3 Å². The summed E-state index contributed by atoms with van der Waals surface area (Å²) >= 11 is 0. The van der Waals surface area contributed by atoms with Crippen molar-refractivity contribution in [3.05, 3.63) is 69.5 Å². The Bertz CT molecular complexity index is 845. The number of carbonyl (C=O) groups is 1. The van der Waals surface area contributed by atoms with Gasteiger partial charge in [-0.15, -0.1) is 10.5 Å². The molecule has 2 aliphatic rings. The standard InChI is InChI=1S/C18H17NOS/c20-17-16(13-14-5-2-1-3-6-14)9-12-21-11-4-7-15-8-10-19(17)18(15)21/h1-8,10-11,16H,9,12-13H2. The summed E-state index contributed by atoms with van der Waals surface area (Å²) in [6.07, 6.45) is 8.03. The quantitative estimate of drug-likeness (QED) is 0.780. The highest BCUT2D eigenvalue weighted by Gasteiger charge is 2.25. The number of allylic oxidation sites excluding steroid dienone is 1. The molecule has 0 N–H and O–H groups in total. The summed E-state index contributed by atoms with van der Waals surface area (Å²) in [5.74, 6) is 1.44. The summed E-state index contributed by atoms with van der Waals surface area (Å²) in [5.41, 5.74) is 1.25. The van der Waals surface area contributed by atoms with E-state index in [9.17, 15) is 4.79 Å². The van der Waals surface area contributed by atoms with E-state index in [1.807, 2.05) is 29.0 Å². The average molecular weight is 295 g/mol. The lowest BCUT2D eigenvalue weighted by Gasteiger charge is -2.14. The van der Waals surface area contributed by atoms with Crippen LogP contribution in [0.4, 0.5) is 0 Å². The fourth-order valence-corrected chi connectivity index (χ4v) is 5.26. The maximum atomic E-state index is 12.9. The van der Waals surface area contributed by atoms with Crippen LogP contribution in [-0.2, 0) is 6.42 Å². The third-order valence-electron chi connectivity index (χ3n) is 4.23. The van der Waals surface area contributed by atoms with E-state index in [1.54, 1.807) is 0 Å². The zero-order valence-electron chi connectivity index (χ0n) is 11.7. The summed E-state index contributed by atoms with van der Waals surface area (Å²) in [5, 5.41) is 3.48. The van der Waals surface area contributed by atoms with Crippen molar-refractivity contribution in [2.45, 2.75) is 12.8 Å². The number of nitrogens with zero attached hydrogens (tertiary/aromatic N) is 1. The molecule has 21 heavy (non-hydrogen) atoms. The molecule has 2 atom stereocenters. The van der Waals surface area contributed by atoms with Crippen LogP contribution in [0.3, 0.4) is 0 Å². The smallest absolute Gasteiger partial charge is 0.234 e. The van der Waals surface area contributed by atoms with E-state index in [1.165, 1.54) is 15.4 Å². The molecule has 106 valence electrons. The van der Waals surface area contributed by atoms with Crippen LogP contribution in [0.1, 0.15) is 16.8 Å². The van der Waals surface area contributed by atoms with Gasteiger partial charge in [0.25, 0.3) is 0 Å². The number of carbonyl (C=O) groups excluding carboxylic acids is 1. The van der Waals surface area contributed by atoms with Crippen LogP contribution in [0.15, 0.2) is 54.1 Å². The van der Waals surface area contributed by atoms with Crippen molar-refractivity contribution in [1.29, 1.82) is 0 Å². The maximum absolute atomic E-state index is 12.9. The Kier molecular flexibility index (Phi) is 3.15. The number of benzene rings is 1. The highest BCUT2D eigenvalue weighted by Crippen LogP contribution is 2.29. The summed E-state index contributed by atoms with van der Waals surface area (Å²) in [7, 11) is 0.0934. The fourth-order valence-electron chi connectivity index (χ4n) is 3.16. The molecule has 0 bridgehead atoms. The molecule has 4 rings (SSSR count). The highest BCUT2D eigenvalue weighted by molar-refractivity contribution is 8.12. The summed E-state index contributed by atoms with van der Waals surface area (Å²) < 4.78 is 3.14. The Morgan fingerprint density at radius 3 is 2.90 bits per heavy atom. The molecule has 1 aromatic heterocycles. The molecule has 0 saturated carbocycles. The van der Waals surface area contributed by atoms with Crippen LogP contribution in [0.2, 0.25) is 0 Å². The van der Waals surface area contributed by atoms with Gasteiger partial charge in [0.1, 0.15) is 0 Å². The second kappa shape index (κ2) is 5.15. The van der Waals surface area contributed by atoms with Crippen molar-refractivity contribution in [3.8, 4) is 0 Å². The van der Waals surface area contributed by atoms with Gasteiger partial charge in [0.05, 0.1) is 4.64 Å². The van der Waals surface area contributed by atoms with Crippen LogP contribution in [0, 0.1) is 10.6 Å². The first kappa shape index (κ1) is 12.8. The molecule has 2 aromatic rings. The van der Waals surface area contributed by atoms with E-state index >= 15 is 0 Å². The second-order valence-electron chi connectivity index (χ2n) is 5.59. The molecule has 0 radical (unpaired) electrons. The lowest BCUT2D eigenvalue weighted by molar-refractivity contribution is 0.0830. The molecule has 2 nitrogen and oxygen atoms in total. The van der Waals surface area contributed by atoms with Crippen LogP contribution >= 0.6 is 10.5 Å². The van der Waals surface area contributed by atoms with Crippen molar-refractivity contribution >= 4 is 22.5 Å². The predicted molar refractivity (Wildman–Crippen MR) is 87.8 cm³/mol. The van der Waals surface area contributed by atoms with Gasteiger partial charge in [0.2, 0.25) is 5.91 Å². The van der Waals surface area contributed by atoms with Crippen LogP contribution in [0.25, 0.3) is 6.08 Å². The van der Waals surface area contributed by atoms with Gasteiger partial charge in [-0.1, -0.05) is 42.5 Å². The zero-order chi connectivity index (χ0) is 14.2. The normalized spacial score (nSPS) is 23.3. The lowest BCUT2D eigenvalue weighted by Crippen LogP contribution is -2.23. The maximum Gasteiger partial charge on any atom is 0.234 e. The molecular formula is C18H17NOS. The van der Waals surface area contributed by atoms with Crippen molar-refractivity contribution in [2.75, 3.05) is 5.75 Å². The van der Waals surface area contributed by atoms with Gasteiger partial charge in [0, 0.05) is 17.3 Å². The van der Waals surface area contributed by atoms with Crippen molar-refractivity contribution in [2.24, 2.45) is 5.92 Å². The van der Waals surface area contributed by atoms with Gasteiger partial charge in [-0.25, -0.2) is 0 Å². The molecule has 0 fully saturated rings. The Labute approximate surface area is 126 Å². The first-order chi connectivity index (χ1) is 10.3. The zero-order valence-corrected chi connectivity index (χ0v) is 12.6. The fraction of sp³-hybridized carbons (Fsp3) is 0.222. The number of rotatable bonds is 2. The average Bonchev–Trinajstić information content (AvgIpc) is 2.91. The van der Waals surface area contributed by atoms with Gasteiger partial charge < -0.3 is 0 Å². The molecule has 3 heteroatoms. The Morgan fingerprint density at radius 2 is 2.05 bits per heavy atom. The van der Waals surface area contributed by atoms with Crippen molar-refractivity contribution < 1.29 is 4.79 Å². The minimum Gasteiger partial charge on any atom is -0.282 e. The Morgan fingerprint density at radius 1 is 1.19 bits per heavy atom. The SMILES string of the molecule is O=C1C(Cc2ccccc2)CCS2=c3c(ccn31)=CC=C2.